The van der Waals surface area contributed by atoms with Crippen LogP contribution in [-0.2, 0) is 6.42 Å². The van der Waals surface area contributed by atoms with Crippen molar-refractivity contribution in [1.82, 2.24) is 4.90 Å². The molecular formula is C22H23FN2O2S. The summed E-state index contributed by atoms with van der Waals surface area (Å²) >= 11 is 1.92. The fraction of sp³-hybridized carbons (Fsp3) is 0.409. The van der Waals surface area contributed by atoms with Crippen LogP contribution in [0.25, 0.3) is 0 Å². The van der Waals surface area contributed by atoms with Crippen molar-refractivity contribution in [2.75, 3.05) is 30.3 Å². The number of piperidine rings is 1. The molecule has 3 aliphatic heterocycles. The number of amides is 1. The molecule has 5 rings (SSSR count). The van der Waals surface area contributed by atoms with Crippen LogP contribution in [0.3, 0.4) is 0 Å². The zero-order chi connectivity index (χ0) is 19.3. The molecule has 2 aromatic carbocycles. The van der Waals surface area contributed by atoms with Crippen LogP contribution in [0.2, 0.25) is 0 Å². The summed E-state index contributed by atoms with van der Waals surface area (Å²) in [5, 5.41) is 9.49. The number of anilines is 1. The number of nitrogens with zero attached hydrogens (tertiary/aromatic N) is 2. The highest BCUT2D eigenvalue weighted by molar-refractivity contribution is 7.99. The van der Waals surface area contributed by atoms with E-state index in [-0.39, 0.29) is 11.7 Å². The van der Waals surface area contributed by atoms with Gasteiger partial charge in [-0.2, -0.15) is 0 Å². The Morgan fingerprint density at radius 3 is 2.79 bits per heavy atom. The lowest BCUT2D eigenvalue weighted by atomic mass is 9.88. The Hall–Kier alpha value is -2.21. The zero-order valence-electron chi connectivity index (χ0n) is 15.6. The Labute approximate surface area is 168 Å². The molecule has 0 spiro atoms. The zero-order valence-corrected chi connectivity index (χ0v) is 16.4. The number of carboxylic acid groups (broad SMARTS) is 1. The van der Waals surface area contributed by atoms with Crippen molar-refractivity contribution in [3.63, 3.8) is 0 Å². The normalized spacial score (nSPS) is 23.2. The highest BCUT2D eigenvalue weighted by Crippen LogP contribution is 2.51. The molecule has 4 nitrogen and oxygen atoms in total. The number of hydrogen-bond acceptors (Lipinski definition) is 3. The van der Waals surface area contributed by atoms with Crippen molar-refractivity contribution in [2.24, 2.45) is 0 Å². The number of carbonyl (C=O) groups is 1. The predicted molar refractivity (Wildman–Crippen MR) is 109 cm³/mol. The van der Waals surface area contributed by atoms with Gasteiger partial charge < -0.3 is 14.9 Å². The molecule has 28 heavy (non-hydrogen) atoms. The molecule has 0 aliphatic carbocycles. The molecule has 1 N–H and O–H groups in total. The summed E-state index contributed by atoms with van der Waals surface area (Å²) in [5.74, 6) is 1.14. The van der Waals surface area contributed by atoms with E-state index in [1.54, 1.807) is 4.90 Å². The van der Waals surface area contributed by atoms with Crippen molar-refractivity contribution >= 4 is 23.5 Å². The molecule has 6 heteroatoms. The van der Waals surface area contributed by atoms with E-state index in [0.717, 1.165) is 37.1 Å². The number of fused-ring (bicyclic) bond motifs is 3. The predicted octanol–water partition coefficient (Wildman–Crippen LogP) is 4.57. The third-order valence-corrected chi connectivity index (χ3v) is 7.34. The lowest BCUT2D eigenvalue weighted by Gasteiger charge is -2.37. The third kappa shape index (κ3) is 3.04. The monoisotopic (exact) mass is 398 g/mol. The smallest absolute Gasteiger partial charge is 0.407 e. The van der Waals surface area contributed by atoms with Gasteiger partial charge in [-0.15, -0.1) is 11.8 Å². The van der Waals surface area contributed by atoms with Crippen LogP contribution in [0.5, 0.6) is 0 Å². The van der Waals surface area contributed by atoms with Gasteiger partial charge in [-0.05, 0) is 59.9 Å². The lowest BCUT2D eigenvalue weighted by molar-refractivity contribution is 0.127. The Kier molecular flexibility index (Phi) is 4.46. The first-order chi connectivity index (χ1) is 13.6. The van der Waals surface area contributed by atoms with Crippen molar-refractivity contribution < 1.29 is 14.3 Å². The van der Waals surface area contributed by atoms with E-state index < -0.39 is 6.09 Å². The molecule has 0 aromatic heterocycles. The number of benzene rings is 2. The van der Waals surface area contributed by atoms with Gasteiger partial charge in [-0.3, -0.25) is 0 Å². The van der Waals surface area contributed by atoms with E-state index in [0.29, 0.717) is 19.1 Å². The van der Waals surface area contributed by atoms with Gasteiger partial charge in [0.25, 0.3) is 0 Å². The van der Waals surface area contributed by atoms with Gasteiger partial charge in [0.2, 0.25) is 0 Å². The molecule has 2 aromatic rings. The van der Waals surface area contributed by atoms with E-state index in [9.17, 15) is 14.3 Å². The van der Waals surface area contributed by atoms with Crippen LogP contribution >= 0.6 is 11.8 Å². The fourth-order valence-electron chi connectivity index (χ4n) is 4.98. The van der Waals surface area contributed by atoms with Crippen molar-refractivity contribution in [2.45, 2.75) is 36.1 Å². The minimum atomic E-state index is -0.817. The highest BCUT2D eigenvalue weighted by Gasteiger charge is 2.44. The Balaban J connectivity index is 1.54. The van der Waals surface area contributed by atoms with Gasteiger partial charge in [-0.1, -0.05) is 18.2 Å². The van der Waals surface area contributed by atoms with Crippen LogP contribution < -0.4 is 4.90 Å². The molecule has 0 radical (unpaired) electrons. The topological polar surface area (TPSA) is 43.8 Å². The summed E-state index contributed by atoms with van der Waals surface area (Å²) in [4.78, 5) is 17.0. The van der Waals surface area contributed by atoms with Gasteiger partial charge in [0.05, 0.1) is 5.69 Å². The summed E-state index contributed by atoms with van der Waals surface area (Å²) in [7, 11) is 0. The number of rotatable bonds is 2. The Morgan fingerprint density at radius 1 is 1.18 bits per heavy atom. The fourth-order valence-corrected chi connectivity index (χ4v) is 6.08. The first-order valence-electron chi connectivity index (χ1n) is 9.89. The maximum Gasteiger partial charge on any atom is 0.407 e. The molecule has 2 atom stereocenters. The van der Waals surface area contributed by atoms with Gasteiger partial charge in [0.15, 0.2) is 0 Å². The SMILES string of the molecule is O=C(O)N1CC[C@H]2[C@@H](C1)c1cc(Cc3ccc(F)cc3)cc3c1N2CCCS3. The van der Waals surface area contributed by atoms with Gasteiger partial charge in [0, 0.05) is 36.5 Å². The Morgan fingerprint density at radius 2 is 2.00 bits per heavy atom. The number of thioether (sulfide) groups is 1. The standard InChI is InChI=1S/C22H23FN2O2S/c23-16-4-2-14(3-5-16)10-15-11-17-18-13-24(22(26)27)8-6-19(18)25-7-1-9-28-20(12-15)21(17)25/h2-5,11-12,18-19H,1,6-10,13H2,(H,26,27)/t18-,19-/m0/s1. The van der Waals surface area contributed by atoms with Crippen LogP contribution in [0.15, 0.2) is 41.3 Å². The van der Waals surface area contributed by atoms with Gasteiger partial charge >= 0.3 is 6.09 Å². The molecule has 3 aliphatic rings. The first kappa shape index (κ1) is 17.9. The molecular weight excluding hydrogens is 375 g/mol. The molecule has 1 fully saturated rings. The van der Waals surface area contributed by atoms with E-state index in [1.165, 1.54) is 33.8 Å². The molecule has 3 heterocycles. The summed E-state index contributed by atoms with van der Waals surface area (Å²) in [6.07, 6.45) is 1.99. The summed E-state index contributed by atoms with van der Waals surface area (Å²) in [6.45, 7) is 2.25. The third-order valence-electron chi connectivity index (χ3n) is 6.22. The minimum Gasteiger partial charge on any atom is -0.465 e. The maximum absolute atomic E-state index is 13.2. The first-order valence-corrected chi connectivity index (χ1v) is 10.9. The van der Waals surface area contributed by atoms with Gasteiger partial charge in [-0.25, -0.2) is 9.18 Å². The minimum absolute atomic E-state index is 0.214. The van der Waals surface area contributed by atoms with E-state index in [4.69, 9.17) is 0 Å². The second-order valence-electron chi connectivity index (χ2n) is 7.92. The summed E-state index contributed by atoms with van der Waals surface area (Å²) < 4.78 is 13.2. The lowest BCUT2D eigenvalue weighted by Crippen LogP contribution is -2.48. The molecule has 1 amide bonds. The molecule has 0 bridgehead atoms. The molecule has 0 saturated carbocycles. The van der Waals surface area contributed by atoms with Crippen molar-refractivity contribution in [3.8, 4) is 0 Å². The van der Waals surface area contributed by atoms with Gasteiger partial charge in [0.1, 0.15) is 5.82 Å². The van der Waals surface area contributed by atoms with Crippen molar-refractivity contribution in [3.05, 3.63) is 58.9 Å². The van der Waals surface area contributed by atoms with Crippen LogP contribution in [0.4, 0.5) is 14.9 Å². The van der Waals surface area contributed by atoms with Crippen LogP contribution in [0, 0.1) is 5.82 Å². The summed E-state index contributed by atoms with van der Waals surface area (Å²) in [6, 6.07) is 11.7. The van der Waals surface area contributed by atoms with Crippen LogP contribution in [0.1, 0.15) is 35.4 Å². The Bertz CT molecular complexity index is 917. The summed E-state index contributed by atoms with van der Waals surface area (Å²) in [5.41, 5.74) is 4.96. The molecule has 146 valence electrons. The van der Waals surface area contributed by atoms with E-state index in [2.05, 4.69) is 17.0 Å². The highest BCUT2D eigenvalue weighted by atomic mass is 32.2. The largest absolute Gasteiger partial charge is 0.465 e. The van der Waals surface area contributed by atoms with Crippen molar-refractivity contribution in [1.29, 1.82) is 0 Å². The second-order valence-corrected chi connectivity index (χ2v) is 9.06. The van der Waals surface area contributed by atoms with E-state index >= 15 is 0 Å². The number of hydrogen-bond donors (Lipinski definition) is 1. The number of likely N-dealkylation sites (tertiary alicyclic amines) is 1. The number of halogens is 1. The average Bonchev–Trinajstić information content (AvgIpc) is 2.84. The second kappa shape index (κ2) is 6.99. The molecule has 0 unspecified atom stereocenters. The molecule has 1 saturated heterocycles. The maximum atomic E-state index is 13.2. The quantitative estimate of drug-likeness (QED) is 0.805. The van der Waals surface area contributed by atoms with E-state index in [1.807, 2.05) is 23.9 Å². The van der Waals surface area contributed by atoms with Crippen LogP contribution in [-0.4, -0.2) is 47.5 Å². The average molecular weight is 399 g/mol.